The Morgan fingerprint density at radius 3 is 2.75 bits per heavy atom. The average molecular weight is 259 g/mol. The lowest BCUT2D eigenvalue weighted by molar-refractivity contribution is 0.480. The zero-order valence-electron chi connectivity index (χ0n) is 8.84. The largest absolute Gasteiger partial charge is 0.468 e. The summed E-state index contributed by atoms with van der Waals surface area (Å²) in [5, 5.41) is 4.40. The molecule has 2 heterocycles. The summed E-state index contributed by atoms with van der Waals surface area (Å²) < 4.78 is 7.07. The monoisotopic (exact) mass is 258 g/mol. The van der Waals surface area contributed by atoms with Gasteiger partial charge in [-0.05, 0) is 18.2 Å². The summed E-state index contributed by atoms with van der Waals surface area (Å²) in [5.74, 6) is 0.909. The molecule has 1 N–H and O–H groups in total. The highest BCUT2D eigenvalue weighted by Crippen LogP contribution is 2.24. The molecule has 2 rings (SSSR count). The van der Waals surface area contributed by atoms with Crippen molar-refractivity contribution >= 4 is 23.2 Å². The Kier molecular flexibility index (Phi) is 3.59. The van der Waals surface area contributed by atoms with Crippen LogP contribution in [0, 0.1) is 0 Å². The number of hydrogen-bond donors (Lipinski definition) is 1. The van der Waals surface area contributed by atoms with Crippen LogP contribution in [0.5, 0.6) is 0 Å². The molecule has 86 valence electrons. The number of hydrogen-bond acceptors (Lipinski definition) is 2. The minimum Gasteiger partial charge on any atom is -0.468 e. The maximum atomic E-state index is 5.96. The molecule has 2 aromatic heterocycles. The van der Waals surface area contributed by atoms with E-state index in [1.165, 1.54) is 0 Å². The maximum Gasteiger partial charge on any atom is 0.127 e. The van der Waals surface area contributed by atoms with E-state index in [0.717, 1.165) is 11.5 Å². The Hall–Kier alpha value is -0.900. The first-order chi connectivity index (χ1) is 7.68. The van der Waals surface area contributed by atoms with E-state index in [0.29, 0.717) is 23.3 Å². The van der Waals surface area contributed by atoms with Crippen molar-refractivity contribution < 1.29 is 4.42 Å². The van der Waals surface area contributed by atoms with Gasteiger partial charge in [0.2, 0.25) is 0 Å². The fourth-order valence-corrected chi connectivity index (χ4v) is 1.90. The molecule has 3 nitrogen and oxygen atoms in total. The summed E-state index contributed by atoms with van der Waals surface area (Å²) in [7, 11) is 1.89. The Morgan fingerprint density at radius 1 is 1.38 bits per heavy atom. The van der Waals surface area contributed by atoms with Gasteiger partial charge in [-0.2, -0.15) is 0 Å². The lowest BCUT2D eigenvalue weighted by Crippen LogP contribution is -2.14. The first-order valence-corrected chi connectivity index (χ1v) is 5.67. The number of nitrogens with zero attached hydrogens (tertiary/aromatic N) is 1. The molecule has 0 saturated carbocycles. The van der Waals surface area contributed by atoms with Gasteiger partial charge in [0.05, 0.1) is 17.8 Å². The van der Waals surface area contributed by atoms with E-state index in [1.807, 2.05) is 29.8 Å². The lowest BCUT2D eigenvalue weighted by atomic mass is 10.4. The molecule has 16 heavy (non-hydrogen) atoms. The highest BCUT2D eigenvalue weighted by Gasteiger charge is 2.08. The van der Waals surface area contributed by atoms with Crippen molar-refractivity contribution in [2.45, 2.75) is 13.1 Å². The van der Waals surface area contributed by atoms with E-state index >= 15 is 0 Å². The number of aromatic nitrogens is 1. The second-order valence-corrected chi connectivity index (χ2v) is 4.28. The second kappa shape index (κ2) is 4.95. The zero-order valence-corrected chi connectivity index (χ0v) is 10.3. The van der Waals surface area contributed by atoms with Crippen LogP contribution < -0.4 is 5.32 Å². The quantitative estimate of drug-likeness (QED) is 0.913. The third kappa shape index (κ3) is 2.43. The van der Waals surface area contributed by atoms with Gasteiger partial charge in [-0.3, -0.25) is 0 Å². The molecule has 0 radical (unpaired) electrons. The Morgan fingerprint density at radius 2 is 2.19 bits per heavy atom. The molecule has 0 fully saturated rings. The van der Waals surface area contributed by atoms with Crippen molar-refractivity contribution in [2.24, 2.45) is 7.05 Å². The fourth-order valence-electron chi connectivity index (χ4n) is 1.49. The molecular weight excluding hydrogens is 247 g/mol. The topological polar surface area (TPSA) is 30.1 Å². The molecule has 0 spiro atoms. The minimum absolute atomic E-state index is 0.566. The predicted molar refractivity (Wildman–Crippen MR) is 64.7 cm³/mol. The fraction of sp³-hybridized carbons (Fsp3) is 0.273. The molecule has 2 aromatic rings. The Labute approximate surface area is 104 Å². The predicted octanol–water partition coefficient (Wildman–Crippen LogP) is 3.21. The van der Waals surface area contributed by atoms with E-state index in [4.69, 9.17) is 27.6 Å². The second-order valence-electron chi connectivity index (χ2n) is 3.52. The molecular formula is C11H12Cl2N2O. The van der Waals surface area contributed by atoms with Gasteiger partial charge in [0.1, 0.15) is 10.9 Å². The molecule has 0 aliphatic rings. The highest BCUT2D eigenvalue weighted by molar-refractivity contribution is 6.41. The van der Waals surface area contributed by atoms with Gasteiger partial charge >= 0.3 is 0 Å². The van der Waals surface area contributed by atoms with Gasteiger partial charge in [-0.1, -0.05) is 23.2 Å². The summed E-state index contributed by atoms with van der Waals surface area (Å²) in [6.07, 6.45) is 1.66. The maximum absolute atomic E-state index is 5.96. The normalized spacial score (nSPS) is 10.9. The molecule has 0 unspecified atom stereocenters. The summed E-state index contributed by atoms with van der Waals surface area (Å²) in [6.45, 7) is 1.39. The molecule has 0 aliphatic heterocycles. The molecule has 0 saturated heterocycles. The van der Waals surface area contributed by atoms with Crippen LogP contribution in [0.2, 0.25) is 10.2 Å². The van der Waals surface area contributed by atoms with Crippen LogP contribution in [0.4, 0.5) is 0 Å². The van der Waals surface area contributed by atoms with E-state index in [1.54, 1.807) is 6.26 Å². The van der Waals surface area contributed by atoms with Crippen LogP contribution in [0.3, 0.4) is 0 Å². The highest BCUT2D eigenvalue weighted by atomic mass is 35.5. The van der Waals surface area contributed by atoms with Crippen molar-refractivity contribution in [3.63, 3.8) is 0 Å². The molecule has 0 atom stereocenters. The lowest BCUT2D eigenvalue weighted by Gasteiger charge is -2.04. The molecule has 0 aromatic carbocycles. The summed E-state index contributed by atoms with van der Waals surface area (Å²) in [6, 6.07) is 5.66. The van der Waals surface area contributed by atoms with E-state index in [9.17, 15) is 0 Å². The van der Waals surface area contributed by atoms with Gasteiger partial charge in [0.25, 0.3) is 0 Å². The molecule has 0 amide bonds. The Balaban J connectivity index is 1.92. The smallest absolute Gasteiger partial charge is 0.127 e. The van der Waals surface area contributed by atoms with Crippen LogP contribution in [0.1, 0.15) is 11.5 Å². The molecule has 5 heteroatoms. The van der Waals surface area contributed by atoms with E-state index in [2.05, 4.69) is 5.32 Å². The van der Waals surface area contributed by atoms with Gasteiger partial charge in [-0.15, -0.1) is 0 Å². The van der Waals surface area contributed by atoms with Crippen molar-refractivity contribution in [2.75, 3.05) is 0 Å². The third-order valence-electron chi connectivity index (χ3n) is 2.40. The van der Waals surface area contributed by atoms with Gasteiger partial charge in [0, 0.05) is 19.3 Å². The van der Waals surface area contributed by atoms with Crippen molar-refractivity contribution in [3.8, 4) is 0 Å². The number of nitrogens with one attached hydrogen (secondary N) is 1. The minimum atomic E-state index is 0.566. The third-order valence-corrected chi connectivity index (χ3v) is 3.24. The average Bonchev–Trinajstić information content (AvgIpc) is 2.85. The summed E-state index contributed by atoms with van der Waals surface area (Å²) >= 11 is 11.9. The molecule has 0 aliphatic carbocycles. The van der Waals surface area contributed by atoms with Crippen LogP contribution >= 0.6 is 23.2 Å². The standard InChI is InChI=1S/C11H12Cl2N2O/c1-15-8(5-10(12)11(15)13)6-14-7-9-3-2-4-16-9/h2-5,14H,6-7H2,1H3. The van der Waals surface area contributed by atoms with Crippen LogP contribution in [0.25, 0.3) is 0 Å². The first-order valence-electron chi connectivity index (χ1n) is 4.91. The number of rotatable bonds is 4. The first kappa shape index (κ1) is 11.6. The van der Waals surface area contributed by atoms with Crippen LogP contribution in [-0.4, -0.2) is 4.57 Å². The SMILES string of the molecule is Cn1c(CNCc2ccco2)cc(Cl)c1Cl. The zero-order chi connectivity index (χ0) is 11.5. The van der Waals surface area contributed by atoms with E-state index < -0.39 is 0 Å². The van der Waals surface area contributed by atoms with Crippen molar-refractivity contribution in [1.29, 1.82) is 0 Å². The van der Waals surface area contributed by atoms with Gasteiger partial charge in [0.15, 0.2) is 0 Å². The number of furan rings is 1. The Bertz CT molecular complexity index is 463. The summed E-state index contributed by atoms with van der Waals surface area (Å²) in [5.41, 5.74) is 1.04. The van der Waals surface area contributed by atoms with E-state index in [-0.39, 0.29) is 0 Å². The molecule has 0 bridgehead atoms. The summed E-state index contributed by atoms with van der Waals surface area (Å²) in [4.78, 5) is 0. The van der Waals surface area contributed by atoms with Crippen molar-refractivity contribution in [3.05, 3.63) is 46.1 Å². The van der Waals surface area contributed by atoms with Crippen molar-refractivity contribution in [1.82, 2.24) is 9.88 Å². The van der Waals surface area contributed by atoms with Gasteiger partial charge in [-0.25, -0.2) is 0 Å². The number of halogens is 2. The van der Waals surface area contributed by atoms with Crippen LogP contribution in [-0.2, 0) is 20.1 Å². The van der Waals surface area contributed by atoms with Crippen LogP contribution in [0.15, 0.2) is 28.9 Å². The van der Waals surface area contributed by atoms with Gasteiger partial charge < -0.3 is 14.3 Å².